The van der Waals surface area contributed by atoms with Crippen LogP contribution in [-0.4, -0.2) is 49.0 Å². The van der Waals surface area contributed by atoms with Crippen LogP contribution in [0.1, 0.15) is 37.2 Å². The van der Waals surface area contributed by atoms with E-state index in [1.54, 1.807) is 16.9 Å². The lowest BCUT2D eigenvalue weighted by atomic mass is 10.1. The number of hydrogen-bond acceptors (Lipinski definition) is 5. The van der Waals surface area contributed by atoms with Gasteiger partial charge in [0.15, 0.2) is 11.2 Å². The van der Waals surface area contributed by atoms with Crippen LogP contribution in [0.3, 0.4) is 0 Å². The molecule has 2 aromatic rings. The number of carboxylic acids is 1. The molecule has 0 spiro atoms. The Labute approximate surface area is 126 Å². The topological polar surface area (TPSA) is 117 Å². The number of aliphatic hydroxyl groups is 1. The van der Waals surface area contributed by atoms with Gasteiger partial charge in [0.2, 0.25) is 0 Å². The van der Waals surface area contributed by atoms with Gasteiger partial charge in [-0.25, -0.2) is 14.5 Å². The fourth-order valence-electron chi connectivity index (χ4n) is 1.87. The molecule has 1 amide bonds. The van der Waals surface area contributed by atoms with Gasteiger partial charge in [-0.2, -0.15) is 5.10 Å². The Morgan fingerprint density at radius 3 is 2.68 bits per heavy atom. The molecule has 2 aromatic heterocycles. The Bertz CT molecular complexity index is 721. The number of carboxylic acid groups (broad SMARTS) is 1. The molecule has 2 rings (SSSR count). The summed E-state index contributed by atoms with van der Waals surface area (Å²) in [4.78, 5) is 27.0. The molecule has 1 unspecified atom stereocenters. The van der Waals surface area contributed by atoms with Crippen LogP contribution in [0, 0.1) is 0 Å². The first-order chi connectivity index (χ1) is 10.2. The van der Waals surface area contributed by atoms with Crippen LogP contribution in [0.5, 0.6) is 0 Å². The van der Waals surface area contributed by atoms with Gasteiger partial charge in [-0.05, 0) is 26.8 Å². The Balaban J connectivity index is 2.17. The summed E-state index contributed by atoms with van der Waals surface area (Å²) in [6.07, 6.45) is 3.01. The highest BCUT2D eigenvalue weighted by molar-refractivity contribution is 5.97. The van der Waals surface area contributed by atoms with E-state index in [1.807, 2.05) is 13.8 Å². The van der Waals surface area contributed by atoms with Crippen molar-refractivity contribution >= 4 is 22.9 Å². The zero-order valence-corrected chi connectivity index (χ0v) is 12.6. The van der Waals surface area contributed by atoms with E-state index in [4.69, 9.17) is 5.11 Å². The lowest BCUT2D eigenvalue weighted by molar-refractivity contribution is -0.155. The number of nitrogens with one attached hydrogen (secondary N) is 1. The van der Waals surface area contributed by atoms with Crippen molar-refractivity contribution < 1.29 is 19.8 Å². The minimum absolute atomic E-state index is 0.148. The largest absolute Gasteiger partial charge is 0.479 e. The Hall–Kier alpha value is -2.48. The van der Waals surface area contributed by atoms with Crippen LogP contribution in [-0.2, 0) is 4.79 Å². The third kappa shape index (κ3) is 3.06. The number of aromatic nitrogens is 3. The molecule has 3 N–H and O–H groups in total. The molecule has 0 saturated heterocycles. The number of hydrogen-bond donors (Lipinski definition) is 3. The van der Waals surface area contributed by atoms with Crippen molar-refractivity contribution in [2.24, 2.45) is 0 Å². The van der Waals surface area contributed by atoms with Crippen LogP contribution in [0.15, 0.2) is 18.5 Å². The first kappa shape index (κ1) is 15.9. The van der Waals surface area contributed by atoms with E-state index in [9.17, 15) is 14.7 Å². The number of nitrogens with zero attached hydrogens (tertiary/aromatic N) is 3. The van der Waals surface area contributed by atoms with Crippen molar-refractivity contribution in [1.82, 2.24) is 20.1 Å². The Morgan fingerprint density at radius 2 is 2.09 bits per heavy atom. The van der Waals surface area contributed by atoms with Crippen molar-refractivity contribution in [2.75, 3.05) is 6.54 Å². The smallest absolute Gasteiger partial charge is 0.337 e. The van der Waals surface area contributed by atoms with Gasteiger partial charge in [-0.1, -0.05) is 0 Å². The quantitative estimate of drug-likeness (QED) is 0.743. The summed E-state index contributed by atoms with van der Waals surface area (Å²) >= 11 is 0. The van der Waals surface area contributed by atoms with Gasteiger partial charge in [0.1, 0.15) is 0 Å². The Kier molecular flexibility index (Phi) is 4.14. The minimum Gasteiger partial charge on any atom is -0.479 e. The number of carbonyl (C=O) groups is 2. The summed E-state index contributed by atoms with van der Waals surface area (Å²) in [5, 5.41) is 25.7. The number of aliphatic carboxylic acids is 1. The molecule has 0 aromatic carbocycles. The molecular weight excluding hydrogens is 288 g/mol. The fourth-order valence-corrected chi connectivity index (χ4v) is 1.87. The monoisotopic (exact) mass is 306 g/mol. The van der Waals surface area contributed by atoms with Crippen LogP contribution in [0.2, 0.25) is 0 Å². The maximum atomic E-state index is 12.0. The fraction of sp³-hybridized carbons (Fsp3) is 0.429. The van der Waals surface area contributed by atoms with Crippen LogP contribution >= 0.6 is 0 Å². The molecule has 22 heavy (non-hydrogen) atoms. The molecule has 0 saturated carbocycles. The summed E-state index contributed by atoms with van der Waals surface area (Å²) in [5.41, 5.74) is -1.07. The van der Waals surface area contributed by atoms with Crippen LogP contribution in [0.25, 0.3) is 11.0 Å². The molecule has 0 fully saturated rings. The molecule has 0 radical (unpaired) electrons. The normalized spacial score (nSPS) is 14.0. The highest BCUT2D eigenvalue weighted by Crippen LogP contribution is 2.16. The molecule has 118 valence electrons. The van der Waals surface area contributed by atoms with Gasteiger partial charge < -0.3 is 15.5 Å². The predicted molar refractivity (Wildman–Crippen MR) is 78.5 cm³/mol. The van der Waals surface area contributed by atoms with Crippen LogP contribution < -0.4 is 5.32 Å². The van der Waals surface area contributed by atoms with Crippen molar-refractivity contribution in [3.8, 4) is 0 Å². The van der Waals surface area contributed by atoms with E-state index in [-0.39, 0.29) is 11.6 Å². The second-order valence-corrected chi connectivity index (χ2v) is 5.58. The summed E-state index contributed by atoms with van der Waals surface area (Å²) in [7, 11) is 0. The third-order valence-electron chi connectivity index (χ3n) is 3.24. The lowest BCUT2D eigenvalue weighted by Gasteiger charge is -2.18. The van der Waals surface area contributed by atoms with Gasteiger partial charge in [-0.3, -0.25) is 4.79 Å². The standard InChI is InChI=1S/C14H18N4O4/c1-8(2)18-11-9(6-17-18)4-10(5-15-11)12(19)16-7-14(3,22)13(20)21/h4-6,8,22H,7H2,1-3H3,(H,16,19)(H,20,21). The van der Waals surface area contributed by atoms with Crippen molar-refractivity contribution in [3.63, 3.8) is 0 Å². The SMILES string of the molecule is CC(C)n1ncc2cc(C(=O)NCC(C)(O)C(=O)O)cnc21. The maximum absolute atomic E-state index is 12.0. The summed E-state index contributed by atoms with van der Waals surface area (Å²) in [5.74, 6) is -1.91. The highest BCUT2D eigenvalue weighted by atomic mass is 16.4. The number of amides is 1. The first-order valence-corrected chi connectivity index (χ1v) is 6.79. The molecule has 1 atom stereocenters. The average molecular weight is 306 g/mol. The molecule has 0 aliphatic carbocycles. The lowest BCUT2D eigenvalue weighted by Crippen LogP contribution is -2.46. The number of carbonyl (C=O) groups excluding carboxylic acids is 1. The Morgan fingerprint density at radius 1 is 1.41 bits per heavy atom. The van der Waals surface area contributed by atoms with E-state index in [2.05, 4.69) is 15.4 Å². The molecule has 0 aliphatic rings. The average Bonchev–Trinajstić information content (AvgIpc) is 2.87. The zero-order chi connectivity index (χ0) is 16.5. The van der Waals surface area contributed by atoms with E-state index < -0.39 is 24.0 Å². The molecule has 0 bridgehead atoms. The van der Waals surface area contributed by atoms with Crippen molar-refractivity contribution in [2.45, 2.75) is 32.4 Å². The van der Waals surface area contributed by atoms with Gasteiger partial charge in [0.05, 0.1) is 18.3 Å². The van der Waals surface area contributed by atoms with E-state index >= 15 is 0 Å². The third-order valence-corrected chi connectivity index (χ3v) is 3.24. The molecular formula is C14H18N4O4. The van der Waals surface area contributed by atoms with E-state index in [1.165, 1.54) is 6.20 Å². The van der Waals surface area contributed by atoms with Crippen molar-refractivity contribution in [1.29, 1.82) is 0 Å². The summed E-state index contributed by atoms with van der Waals surface area (Å²) < 4.78 is 1.74. The summed E-state index contributed by atoms with van der Waals surface area (Å²) in [6.45, 7) is 4.67. The first-order valence-electron chi connectivity index (χ1n) is 6.79. The van der Waals surface area contributed by atoms with Gasteiger partial charge in [-0.15, -0.1) is 0 Å². The van der Waals surface area contributed by atoms with E-state index in [0.717, 1.165) is 6.92 Å². The van der Waals surface area contributed by atoms with Gasteiger partial charge in [0.25, 0.3) is 5.91 Å². The second kappa shape index (κ2) is 5.72. The van der Waals surface area contributed by atoms with Crippen LogP contribution in [0.4, 0.5) is 0 Å². The predicted octanol–water partition coefficient (Wildman–Crippen LogP) is 0.578. The second-order valence-electron chi connectivity index (χ2n) is 5.58. The van der Waals surface area contributed by atoms with Gasteiger partial charge in [0, 0.05) is 17.6 Å². The zero-order valence-electron chi connectivity index (χ0n) is 12.6. The molecule has 8 heteroatoms. The maximum Gasteiger partial charge on any atom is 0.337 e. The molecule has 8 nitrogen and oxygen atoms in total. The molecule has 2 heterocycles. The number of pyridine rings is 1. The van der Waals surface area contributed by atoms with E-state index in [0.29, 0.717) is 11.0 Å². The number of fused-ring (bicyclic) bond motifs is 1. The minimum atomic E-state index is -2.02. The summed E-state index contributed by atoms with van der Waals surface area (Å²) in [6, 6.07) is 1.77. The molecule has 0 aliphatic heterocycles. The highest BCUT2D eigenvalue weighted by Gasteiger charge is 2.30. The number of rotatable bonds is 5. The van der Waals surface area contributed by atoms with Gasteiger partial charge >= 0.3 is 5.97 Å². The van der Waals surface area contributed by atoms with Crippen molar-refractivity contribution in [3.05, 3.63) is 24.0 Å².